The molecule has 1 N–H and O–H groups in total. The maximum atomic E-state index is 11.3. The van der Waals surface area contributed by atoms with Gasteiger partial charge in [-0.1, -0.05) is 23.2 Å². The first kappa shape index (κ1) is 15.3. The monoisotopic (exact) mass is 306 g/mol. The molecule has 0 aromatic heterocycles. The zero-order valence-electron chi connectivity index (χ0n) is 9.61. The van der Waals surface area contributed by atoms with Gasteiger partial charge < -0.3 is 14.6 Å². The Bertz CT molecular complexity index is 540. The zero-order valence-corrected chi connectivity index (χ0v) is 11.1. The number of esters is 2. The summed E-state index contributed by atoms with van der Waals surface area (Å²) in [5, 5.41) is 8.90. The molecule has 8 heteroatoms. The number of ether oxygens (including phenoxy) is 2. The fourth-order valence-electron chi connectivity index (χ4n) is 1.13. The van der Waals surface area contributed by atoms with Gasteiger partial charge in [-0.05, 0) is 12.1 Å². The first-order valence-corrected chi connectivity index (χ1v) is 5.63. The van der Waals surface area contributed by atoms with Crippen molar-refractivity contribution >= 4 is 41.1 Å². The highest BCUT2D eigenvalue weighted by molar-refractivity contribution is 6.36. The lowest BCUT2D eigenvalue weighted by atomic mass is 10.2. The van der Waals surface area contributed by atoms with Gasteiger partial charge in [0.25, 0.3) is 0 Å². The van der Waals surface area contributed by atoms with Crippen LogP contribution in [0.3, 0.4) is 0 Å². The predicted molar refractivity (Wildman–Crippen MR) is 65.7 cm³/mol. The minimum absolute atomic E-state index is 0.0854. The van der Waals surface area contributed by atoms with Crippen molar-refractivity contribution in [1.29, 1.82) is 0 Å². The van der Waals surface area contributed by atoms with Crippen LogP contribution >= 0.6 is 23.2 Å². The highest BCUT2D eigenvalue weighted by Crippen LogP contribution is 2.32. The molecule has 0 amide bonds. The molecule has 0 fully saturated rings. The number of aromatic carboxylic acids is 1. The molecule has 102 valence electrons. The van der Waals surface area contributed by atoms with Crippen molar-refractivity contribution in [2.24, 2.45) is 0 Å². The number of rotatable bonds is 4. The predicted octanol–water partition coefficient (Wildman–Crippen LogP) is 2.16. The van der Waals surface area contributed by atoms with Gasteiger partial charge in [0.2, 0.25) is 0 Å². The molecule has 0 heterocycles. The molecule has 0 bridgehead atoms. The van der Waals surface area contributed by atoms with E-state index >= 15 is 0 Å². The SMILES string of the molecule is CC(=O)OCC(=O)Oc1c(Cl)cc(Cl)cc1C(=O)O. The summed E-state index contributed by atoms with van der Waals surface area (Å²) in [5.41, 5.74) is -0.367. The highest BCUT2D eigenvalue weighted by atomic mass is 35.5. The Labute approximate surface area is 117 Å². The van der Waals surface area contributed by atoms with Crippen LogP contribution in [0.5, 0.6) is 5.75 Å². The van der Waals surface area contributed by atoms with Gasteiger partial charge in [-0.3, -0.25) is 4.79 Å². The van der Waals surface area contributed by atoms with Crippen LogP contribution in [0.2, 0.25) is 10.0 Å². The molecule has 0 radical (unpaired) electrons. The summed E-state index contributed by atoms with van der Waals surface area (Å²) in [6.07, 6.45) is 0. The number of carboxylic acid groups (broad SMARTS) is 1. The number of benzene rings is 1. The molecular weight excluding hydrogens is 299 g/mol. The Hall–Kier alpha value is -1.79. The number of carboxylic acids is 1. The van der Waals surface area contributed by atoms with Crippen LogP contribution in [0.25, 0.3) is 0 Å². The van der Waals surface area contributed by atoms with Crippen LogP contribution < -0.4 is 4.74 Å². The molecule has 0 unspecified atom stereocenters. The number of carbonyl (C=O) groups is 3. The van der Waals surface area contributed by atoms with E-state index in [0.717, 1.165) is 13.0 Å². The second kappa shape index (κ2) is 6.40. The highest BCUT2D eigenvalue weighted by Gasteiger charge is 2.19. The quantitative estimate of drug-likeness (QED) is 0.677. The summed E-state index contributed by atoms with van der Waals surface area (Å²) in [7, 11) is 0. The summed E-state index contributed by atoms with van der Waals surface area (Å²) < 4.78 is 9.17. The fraction of sp³-hybridized carbons (Fsp3) is 0.182. The Morgan fingerprint density at radius 1 is 1.26 bits per heavy atom. The standard InChI is InChI=1S/C11H8Cl2O6/c1-5(14)18-4-9(15)19-10-7(11(16)17)2-6(12)3-8(10)13/h2-3H,4H2,1H3,(H,16,17). The fourth-order valence-corrected chi connectivity index (χ4v) is 1.66. The van der Waals surface area contributed by atoms with Gasteiger partial charge in [0, 0.05) is 11.9 Å². The molecule has 0 spiro atoms. The summed E-state index contributed by atoms with van der Waals surface area (Å²) in [6, 6.07) is 2.31. The molecule has 0 aliphatic carbocycles. The van der Waals surface area contributed by atoms with E-state index in [1.54, 1.807) is 0 Å². The van der Waals surface area contributed by atoms with Gasteiger partial charge in [-0.2, -0.15) is 0 Å². The third-order valence-electron chi connectivity index (χ3n) is 1.85. The van der Waals surface area contributed by atoms with E-state index in [9.17, 15) is 14.4 Å². The maximum absolute atomic E-state index is 11.3. The van der Waals surface area contributed by atoms with E-state index < -0.39 is 24.5 Å². The van der Waals surface area contributed by atoms with Crippen molar-refractivity contribution in [3.63, 3.8) is 0 Å². The van der Waals surface area contributed by atoms with Crippen molar-refractivity contribution in [2.45, 2.75) is 6.92 Å². The van der Waals surface area contributed by atoms with E-state index in [1.807, 2.05) is 0 Å². The topological polar surface area (TPSA) is 89.9 Å². The molecule has 1 aromatic rings. The van der Waals surface area contributed by atoms with Crippen molar-refractivity contribution in [3.05, 3.63) is 27.7 Å². The molecule has 0 aliphatic heterocycles. The number of hydrogen-bond donors (Lipinski definition) is 1. The van der Waals surface area contributed by atoms with Gasteiger partial charge in [0.15, 0.2) is 12.4 Å². The Morgan fingerprint density at radius 2 is 1.89 bits per heavy atom. The Morgan fingerprint density at radius 3 is 2.42 bits per heavy atom. The van der Waals surface area contributed by atoms with Crippen LogP contribution in [0.15, 0.2) is 12.1 Å². The van der Waals surface area contributed by atoms with Crippen LogP contribution in [-0.4, -0.2) is 29.6 Å². The minimum Gasteiger partial charge on any atom is -0.478 e. The minimum atomic E-state index is -1.36. The van der Waals surface area contributed by atoms with Crippen LogP contribution in [-0.2, 0) is 14.3 Å². The first-order valence-electron chi connectivity index (χ1n) is 4.87. The smallest absolute Gasteiger partial charge is 0.349 e. The van der Waals surface area contributed by atoms with E-state index in [-0.39, 0.29) is 21.4 Å². The van der Waals surface area contributed by atoms with Crippen LogP contribution in [0, 0.1) is 0 Å². The number of hydrogen-bond acceptors (Lipinski definition) is 5. The lowest BCUT2D eigenvalue weighted by Crippen LogP contribution is -2.19. The zero-order chi connectivity index (χ0) is 14.6. The van der Waals surface area contributed by atoms with E-state index in [4.69, 9.17) is 33.0 Å². The van der Waals surface area contributed by atoms with Crippen molar-refractivity contribution in [3.8, 4) is 5.75 Å². The summed E-state index contributed by atoms with van der Waals surface area (Å²) in [6.45, 7) is 0.471. The maximum Gasteiger partial charge on any atom is 0.349 e. The molecule has 1 aromatic carbocycles. The van der Waals surface area contributed by atoms with Crippen molar-refractivity contribution in [2.75, 3.05) is 6.61 Å². The second-order valence-corrected chi connectivity index (χ2v) is 4.17. The van der Waals surface area contributed by atoms with Gasteiger partial charge in [-0.15, -0.1) is 0 Å². The summed E-state index contributed by atoms with van der Waals surface area (Å²) in [4.78, 5) is 32.8. The lowest BCUT2D eigenvalue weighted by molar-refractivity contribution is -0.152. The summed E-state index contributed by atoms with van der Waals surface area (Å²) >= 11 is 11.4. The normalized spacial score (nSPS) is 9.84. The average molecular weight is 307 g/mol. The van der Waals surface area contributed by atoms with Gasteiger partial charge >= 0.3 is 17.9 Å². The molecule has 19 heavy (non-hydrogen) atoms. The van der Waals surface area contributed by atoms with E-state index in [2.05, 4.69) is 4.74 Å². The molecule has 0 aliphatic rings. The largest absolute Gasteiger partial charge is 0.478 e. The first-order chi connectivity index (χ1) is 8.81. The summed E-state index contributed by atoms with van der Waals surface area (Å²) in [5.74, 6) is -3.34. The van der Waals surface area contributed by atoms with Crippen LogP contribution in [0.4, 0.5) is 0 Å². The third-order valence-corrected chi connectivity index (χ3v) is 2.35. The van der Waals surface area contributed by atoms with Gasteiger partial charge in [0.1, 0.15) is 5.56 Å². The molecule has 1 rings (SSSR count). The molecule has 0 atom stereocenters. The third kappa shape index (κ3) is 4.42. The van der Waals surface area contributed by atoms with Crippen molar-refractivity contribution < 1.29 is 29.0 Å². The number of halogens is 2. The van der Waals surface area contributed by atoms with Crippen molar-refractivity contribution in [1.82, 2.24) is 0 Å². The van der Waals surface area contributed by atoms with Crippen LogP contribution in [0.1, 0.15) is 17.3 Å². The Balaban J connectivity index is 2.97. The van der Waals surface area contributed by atoms with E-state index in [0.29, 0.717) is 0 Å². The average Bonchev–Trinajstić information content (AvgIpc) is 2.29. The van der Waals surface area contributed by atoms with Gasteiger partial charge in [0.05, 0.1) is 5.02 Å². The molecule has 0 saturated heterocycles. The molecular formula is C11H8Cl2O6. The second-order valence-electron chi connectivity index (χ2n) is 3.32. The molecule has 0 saturated carbocycles. The number of carbonyl (C=O) groups excluding carboxylic acids is 2. The Kier molecular flexibility index (Phi) is 5.14. The molecule has 6 nitrogen and oxygen atoms in total. The van der Waals surface area contributed by atoms with Gasteiger partial charge in [-0.25, -0.2) is 9.59 Å². The lowest BCUT2D eigenvalue weighted by Gasteiger charge is -2.09. The van der Waals surface area contributed by atoms with E-state index in [1.165, 1.54) is 6.07 Å².